The molecule has 2 aromatic carbocycles. The number of hydrogen-bond donors (Lipinski definition) is 1. The highest BCUT2D eigenvalue weighted by Crippen LogP contribution is 2.34. The highest BCUT2D eigenvalue weighted by atomic mass is 79.9. The summed E-state index contributed by atoms with van der Waals surface area (Å²) in [5.41, 5.74) is 2.84. The van der Waals surface area contributed by atoms with Gasteiger partial charge in [-0.15, -0.1) is 0 Å². The smallest absolute Gasteiger partial charge is 0.183 e. The van der Waals surface area contributed by atoms with Crippen LogP contribution in [-0.4, -0.2) is 16.8 Å². The van der Waals surface area contributed by atoms with E-state index in [2.05, 4.69) is 36.9 Å². The maximum Gasteiger partial charge on any atom is 0.183 e. The molecule has 1 aliphatic rings. The third kappa shape index (κ3) is 3.35. The van der Waals surface area contributed by atoms with E-state index in [0.717, 1.165) is 20.1 Å². The molecule has 0 aliphatic carbocycles. The molecule has 1 heterocycles. The van der Waals surface area contributed by atoms with Crippen LogP contribution in [0.2, 0.25) is 0 Å². The van der Waals surface area contributed by atoms with Crippen molar-refractivity contribution in [1.29, 1.82) is 10.5 Å². The van der Waals surface area contributed by atoms with E-state index >= 15 is 0 Å². The van der Waals surface area contributed by atoms with E-state index in [0.29, 0.717) is 11.4 Å². The molecule has 3 rings (SSSR count). The van der Waals surface area contributed by atoms with Crippen LogP contribution in [0.25, 0.3) is 11.4 Å². The van der Waals surface area contributed by atoms with E-state index in [4.69, 9.17) is 5.84 Å². The SMILES string of the molecule is N#CC1=NC(c2ccc(Br)cc2)=C(c2ccc(Br)cc2)N(N)C1C#N. The Labute approximate surface area is 161 Å². The van der Waals surface area contributed by atoms with Crippen molar-refractivity contribution >= 4 is 49.0 Å². The predicted octanol–water partition coefficient (Wildman–Crippen LogP) is 4.08. The van der Waals surface area contributed by atoms with Crippen LogP contribution in [0.4, 0.5) is 0 Å². The average Bonchev–Trinajstić information content (AvgIpc) is 2.62. The molecule has 0 saturated heterocycles. The second kappa shape index (κ2) is 7.20. The Balaban J connectivity index is 2.28. The minimum atomic E-state index is -0.928. The van der Waals surface area contributed by atoms with E-state index in [1.807, 2.05) is 60.7 Å². The minimum absolute atomic E-state index is 0.0729. The quantitative estimate of drug-likeness (QED) is 0.689. The summed E-state index contributed by atoms with van der Waals surface area (Å²) in [5, 5.41) is 20.1. The topological polar surface area (TPSA) is 89.2 Å². The number of hydrogen-bond acceptors (Lipinski definition) is 5. The monoisotopic (exact) mass is 455 g/mol. The zero-order valence-corrected chi connectivity index (χ0v) is 16.0. The summed E-state index contributed by atoms with van der Waals surface area (Å²) < 4.78 is 1.86. The molecule has 2 N–H and O–H groups in total. The van der Waals surface area contributed by atoms with Crippen molar-refractivity contribution in [2.75, 3.05) is 0 Å². The van der Waals surface area contributed by atoms with E-state index in [-0.39, 0.29) is 5.71 Å². The van der Waals surface area contributed by atoms with Crippen molar-refractivity contribution in [2.24, 2.45) is 10.8 Å². The van der Waals surface area contributed by atoms with Crippen molar-refractivity contribution in [3.8, 4) is 12.1 Å². The molecule has 2 aromatic rings. The van der Waals surface area contributed by atoms with Gasteiger partial charge >= 0.3 is 0 Å². The van der Waals surface area contributed by atoms with Crippen LogP contribution in [0.3, 0.4) is 0 Å². The van der Waals surface area contributed by atoms with Gasteiger partial charge in [-0.3, -0.25) is 5.01 Å². The summed E-state index contributed by atoms with van der Waals surface area (Å²) in [6.07, 6.45) is 0. The maximum absolute atomic E-state index is 9.43. The van der Waals surface area contributed by atoms with Crippen LogP contribution in [-0.2, 0) is 0 Å². The summed E-state index contributed by atoms with van der Waals surface area (Å²) in [4.78, 5) is 4.45. The summed E-state index contributed by atoms with van der Waals surface area (Å²) >= 11 is 6.82. The third-order valence-corrected chi connectivity index (χ3v) is 4.78. The van der Waals surface area contributed by atoms with Crippen molar-refractivity contribution in [1.82, 2.24) is 5.01 Å². The van der Waals surface area contributed by atoms with Crippen molar-refractivity contribution in [2.45, 2.75) is 6.04 Å². The molecule has 0 aromatic heterocycles. The Morgan fingerprint density at radius 3 is 1.92 bits per heavy atom. The van der Waals surface area contributed by atoms with Gasteiger partial charge in [0.1, 0.15) is 6.07 Å². The summed E-state index contributed by atoms with van der Waals surface area (Å²) in [6.45, 7) is 0. The molecule has 0 spiro atoms. The third-order valence-electron chi connectivity index (χ3n) is 3.72. The summed E-state index contributed by atoms with van der Waals surface area (Å²) in [5.74, 6) is 6.23. The summed E-state index contributed by atoms with van der Waals surface area (Å²) in [7, 11) is 0. The van der Waals surface area contributed by atoms with E-state index in [1.54, 1.807) is 0 Å². The van der Waals surface area contributed by atoms with Crippen LogP contribution in [0, 0.1) is 22.7 Å². The Bertz CT molecular complexity index is 947. The largest absolute Gasteiger partial charge is 0.284 e. The predicted molar refractivity (Wildman–Crippen MR) is 104 cm³/mol. The normalized spacial score (nSPS) is 16.9. The Hall–Kier alpha value is -2.45. The van der Waals surface area contributed by atoms with Gasteiger partial charge in [0.05, 0.1) is 17.5 Å². The van der Waals surface area contributed by atoms with Crippen LogP contribution in [0.5, 0.6) is 0 Å². The molecule has 0 fully saturated rings. The van der Waals surface area contributed by atoms with Gasteiger partial charge in [-0.05, 0) is 24.3 Å². The Morgan fingerprint density at radius 1 is 0.920 bits per heavy atom. The first-order valence-corrected chi connectivity index (χ1v) is 8.82. The lowest BCUT2D eigenvalue weighted by Gasteiger charge is -2.31. The first-order valence-electron chi connectivity index (χ1n) is 7.23. The fourth-order valence-electron chi connectivity index (χ4n) is 2.53. The number of nitrogens with two attached hydrogens (primary N) is 1. The lowest BCUT2D eigenvalue weighted by atomic mass is 10.00. The number of nitriles is 2. The standard InChI is InChI=1S/C18H11Br2N5/c19-13-5-1-11(2-6-13)17-18(12-3-7-14(20)8-4-12)25(23)16(10-22)15(9-21)24-17/h1-8,16H,23H2. The summed E-state index contributed by atoms with van der Waals surface area (Å²) in [6, 6.07) is 18.2. The lowest BCUT2D eigenvalue weighted by molar-refractivity contribution is 0.419. The van der Waals surface area contributed by atoms with Crippen LogP contribution in [0.15, 0.2) is 62.5 Å². The van der Waals surface area contributed by atoms with Gasteiger partial charge in [0.2, 0.25) is 0 Å². The molecule has 0 amide bonds. The number of halogens is 2. The molecule has 5 nitrogen and oxygen atoms in total. The van der Waals surface area contributed by atoms with Gasteiger partial charge in [-0.25, -0.2) is 10.8 Å². The van der Waals surface area contributed by atoms with Crippen LogP contribution >= 0.6 is 31.9 Å². The van der Waals surface area contributed by atoms with E-state index in [1.165, 1.54) is 5.01 Å². The van der Waals surface area contributed by atoms with Gasteiger partial charge in [0, 0.05) is 20.1 Å². The molecule has 7 heteroatoms. The number of nitrogens with zero attached hydrogens (tertiary/aromatic N) is 4. The molecule has 1 atom stereocenters. The minimum Gasteiger partial charge on any atom is -0.284 e. The molecule has 1 unspecified atom stereocenters. The fourth-order valence-corrected chi connectivity index (χ4v) is 3.06. The zero-order valence-electron chi connectivity index (χ0n) is 12.8. The van der Waals surface area contributed by atoms with Crippen molar-refractivity contribution in [3.05, 3.63) is 68.6 Å². The number of aliphatic imine (C=N–C) groups is 1. The van der Waals surface area contributed by atoms with Gasteiger partial charge in [-0.1, -0.05) is 56.1 Å². The van der Waals surface area contributed by atoms with Gasteiger partial charge in [0.15, 0.2) is 11.8 Å². The van der Waals surface area contributed by atoms with E-state index < -0.39 is 6.04 Å². The second-order valence-corrected chi connectivity index (χ2v) is 7.09. The Morgan fingerprint density at radius 2 is 1.44 bits per heavy atom. The number of benzene rings is 2. The molecule has 0 radical (unpaired) electrons. The number of rotatable bonds is 2. The van der Waals surface area contributed by atoms with E-state index in [9.17, 15) is 10.5 Å². The van der Waals surface area contributed by atoms with Gasteiger partial charge in [-0.2, -0.15) is 10.5 Å². The average molecular weight is 457 g/mol. The molecule has 0 bridgehead atoms. The van der Waals surface area contributed by atoms with Gasteiger partial charge < -0.3 is 0 Å². The van der Waals surface area contributed by atoms with Crippen LogP contribution < -0.4 is 5.84 Å². The van der Waals surface area contributed by atoms with Crippen molar-refractivity contribution < 1.29 is 0 Å². The molecule has 1 aliphatic heterocycles. The first kappa shape index (κ1) is 17.4. The van der Waals surface area contributed by atoms with Crippen LogP contribution in [0.1, 0.15) is 11.1 Å². The first-order chi connectivity index (χ1) is 12.0. The molecule has 0 saturated carbocycles. The molecular weight excluding hydrogens is 446 g/mol. The zero-order chi connectivity index (χ0) is 18.0. The molecule has 122 valence electrons. The molecule has 25 heavy (non-hydrogen) atoms. The fraction of sp³-hybridized carbons (Fsp3) is 0.0556. The Kier molecular flexibility index (Phi) is 5.00. The number of hydrazine groups is 1. The molecular formula is C18H11Br2N5. The van der Waals surface area contributed by atoms with Crippen molar-refractivity contribution in [3.63, 3.8) is 0 Å². The van der Waals surface area contributed by atoms with Gasteiger partial charge in [0.25, 0.3) is 0 Å². The lowest BCUT2D eigenvalue weighted by Crippen LogP contribution is -2.45. The maximum atomic E-state index is 9.43. The second-order valence-electron chi connectivity index (χ2n) is 5.26. The highest BCUT2D eigenvalue weighted by Gasteiger charge is 2.31. The highest BCUT2D eigenvalue weighted by molar-refractivity contribution is 9.10.